The molecule has 0 radical (unpaired) electrons. The Morgan fingerprint density at radius 3 is 2.09 bits per heavy atom. The fourth-order valence-electron chi connectivity index (χ4n) is 3.37. The van der Waals surface area contributed by atoms with Gasteiger partial charge in [0.1, 0.15) is 23.0 Å². The van der Waals surface area contributed by atoms with Gasteiger partial charge in [-0.3, -0.25) is 9.59 Å². The van der Waals surface area contributed by atoms with Crippen LogP contribution < -0.4 is 14.2 Å². The number of phenols is 1. The summed E-state index contributed by atoms with van der Waals surface area (Å²) < 4.78 is 17.4. The summed E-state index contributed by atoms with van der Waals surface area (Å²) in [5.74, 6) is 0.599. The third-order valence-corrected chi connectivity index (χ3v) is 5.00. The van der Waals surface area contributed by atoms with Gasteiger partial charge in [0, 0.05) is 18.1 Å². The largest absolute Gasteiger partial charge is 0.507 e. The Balaban J connectivity index is 1.96. The molecule has 7 nitrogen and oxygen atoms in total. The third-order valence-electron chi connectivity index (χ3n) is 5.00. The van der Waals surface area contributed by atoms with Gasteiger partial charge in [-0.1, -0.05) is 26.7 Å². The maximum absolute atomic E-state index is 11.7. The van der Waals surface area contributed by atoms with Crippen LogP contribution in [-0.4, -0.2) is 41.8 Å². The number of benzene rings is 2. The average Bonchev–Trinajstić information content (AvgIpc) is 2.75. The van der Waals surface area contributed by atoms with Crippen molar-refractivity contribution in [1.29, 1.82) is 0 Å². The highest BCUT2D eigenvalue weighted by Gasteiger charge is 2.16. The first-order valence-electron chi connectivity index (χ1n) is 11.5. The molecule has 7 heteroatoms. The molecule has 2 aromatic rings. The molecule has 33 heavy (non-hydrogen) atoms. The van der Waals surface area contributed by atoms with Crippen LogP contribution in [0.5, 0.6) is 23.0 Å². The fraction of sp³-hybridized carbons (Fsp3) is 0.462. The third kappa shape index (κ3) is 8.33. The van der Waals surface area contributed by atoms with E-state index in [0.717, 1.165) is 19.3 Å². The number of hydrogen-bond donors (Lipinski definition) is 2. The van der Waals surface area contributed by atoms with Crippen molar-refractivity contribution in [2.24, 2.45) is 0 Å². The van der Waals surface area contributed by atoms with E-state index >= 15 is 0 Å². The number of Topliss-reactive ketones (excluding diaryl/α,β-unsaturated/α-hetero) is 1. The van der Waals surface area contributed by atoms with Crippen molar-refractivity contribution in [1.82, 2.24) is 0 Å². The number of carbonyl (C=O) groups is 2. The van der Waals surface area contributed by atoms with Crippen molar-refractivity contribution < 1.29 is 34.0 Å². The van der Waals surface area contributed by atoms with Crippen molar-refractivity contribution in [3.63, 3.8) is 0 Å². The first-order chi connectivity index (χ1) is 15.8. The predicted molar refractivity (Wildman–Crippen MR) is 126 cm³/mol. The number of carboxylic acids is 1. The van der Waals surface area contributed by atoms with E-state index in [1.165, 1.54) is 6.92 Å². The molecule has 0 aliphatic carbocycles. The van der Waals surface area contributed by atoms with E-state index < -0.39 is 5.97 Å². The van der Waals surface area contributed by atoms with Crippen LogP contribution in [0.2, 0.25) is 0 Å². The van der Waals surface area contributed by atoms with Crippen molar-refractivity contribution in [3.8, 4) is 23.0 Å². The lowest BCUT2D eigenvalue weighted by atomic mass is 10.0. The molecule has 2 N–H and O–H groups in total. The van der Waals surface area contributed by atoms with E-state index in [9.17, 15) is 14.7 Å². The Morgan fingerprint density at radius 1 is 0.879 bits per heavy atom. The molecular weight excluding hydrogens is 424 g/mol. The van der Waals surface area contributed by atoms with E-state index in [1.54, 1.807) is 30.3 Å². The molecule has 0 spiro atoms. The zero-order chi connectivity index (χ0) is 24.2. The highest BCUT2D eigenvalue weighted by molar-refractivity contribution is 5.97. The number of phenolic OH excluding ortho intramolecular Hbond substituents is 1. The van der Waals surface area contributed by atoms with Gasteiger partial charge in [-0.05, 0) is 49.6 Å². The highest BCUT2D eigenvalue weighted by atomic mass is 16.5. The van der Waals surface area contributed by atoms with Crippen LogP contribution >= 0.6 is 0 Å². The molecule has 0 heterocycles. The summed E-state index contributed by atoms with van der Waals surface area (Å²) in [5, 5.41) is 19.5. The van der Waals surface area contributed by atoms with Crippen LogP contribution in [-0.2, 0) is 17.6 Å². The molecule has 0 aliphatic heterocycles. The number of aliphatic carboxylic acids is 1. The Hall–Kier alpha value is -3.22. The molecule has 0 bridgehead atoms. The number of hydrogen-bond acceptors (Lipinski definition) is 6. The smallest absolute Gasteiger partial charge is 0.307 e. The van der Waals surface area contributed by atoms with Crippen LogP contribution in [0.15, 0.2) is 30.3 Å². The molecule has 0 aromatic heterocycles. The van der Waals surface area contributed by atoms with Crippen LogP contribution in [0.25, 0.3) is 0 Å². The minimum absolute atomic E-state index is 0.0102. The van der Waals surface area contributed by atoms with Crippen molar-refractivity contribution in [2.75, 3.05) is 19.8 Å². The van der Waals surface area contributed by atoms with Gasteiger partial charge in [-0.2, -0.15) is 0 Å². The lowest BCUT2D eigenvalue weighted by Crippen LogP contribution is -2.08. The maximum atomic E-state index is 11.7. The van der Waals surface area contributed by atoms with Crippen molar-refractivity contribution in [3.05, 3.63) is 47.0 Å². The second-order valence-corrected chi connectivity index (χ2v) is 7.88. The van der Waals surface area contributed by atoms with Gasteiger partial charge in [-0.25, -0.2) is 0 Å². The second-order valence-electron chi connectivity index (χ2n) is 7.88. The lowest BCUT2D eigenvalue weighted by molar-refractivity contribution is -0.136. The standard InChI is InChI=1S/C26H34O7/c1-4-6-11-31-20-14-19(16-25(28)29)15-21(17-20)32-12-7-13-33-24-10-9-22(18(3)27)26(30)23(24)8-5-2/h9-10,14-15,17,30H,4-8,11-13,16H2,1-3H3,(H,28,29). The highest BCUT2D eigenvalue weighted by Crippen LogP contribution is 2.33. The first-order valence-corrected chi connectivity index (χ1v) is 11.5. The summed E-state index contributed by atoms with van der Waals surface area (Å²) in [6, 6.07) is 8.50. The maximum Gasteiger partial charge on any atom is 0.307 e. The van der Waals surface area contributed by atoms with E-state index in [1.807, 2.05) is 6.92 Å². The van der Waals surface area contributed by atoms with Gasteiger partial charge in [0.15, 0.2) is 5.78 Å². The average molecular weight is 459 g/mol. The van der Waals surface area contributed by atoms with Gasteiger partial charge >= 0.3 is 5.97 Å². The van der Waals surface area contributed by atoms with E-state index in [4.69, 9.17) is 19.3 Å². The number of ether oxygens (including phenoxy) is 3. The normalized spacial score (nSPS) is 10.6. The molecular formula is C26H34O7. The monoisotopic (exact) mass is 458 g/mol. The molecule has 0 saturated heterocycles. The number of ketones is 1. The van der Waals surface area contributed by atoms with Gasteiger partial charge in [0.2, 0.25) is 0 Å². The topological polar surface area (TPSA) is 102 Å². The molecule has 0 atom stereocenters. The van der Waals surface area contributed by atoms with Crippen LogP contribution in [0, 0.1) is 0 Å². The minimum Gasteiger partial charge on any atom is -0.507 e. The van der Waals surface area contributed by atoms with Crippen molar-refractivity contribution >= 4 is 11.8 Å². The Labute approximate surface area is 195 Å². The summed E-state index contributed by atoms with van der Waals surface area (Å²) in [6.45, 7) is 6.79. The van der Waals surface area contributed by atoms with Crippen molar-refractivity contribution in [2.45, 2.75) is 59.3 Å². The van der Waals surface area contributed by atoms with Crippen LogP contribution in [0.4, 0.5) is 0 Å². The molecule has 0 unspecified atom stereocenters. The number of rotatable bonds is 15. The summed E-state index contributed by atoms with van der Waals surface area (Å²) in [4.78, 5) is 22.8. The van der Waals surface area contributed by atoms with Crippen LogP contribution in [0.1, 0.15) is 67.9 Å². The summed E-state index contributed by atoms with van der Waals surface area (Å²) in [6.07, 6.45) is 3.81. The molecule has 0 fully saturated rings. The van der Waals surface area contributed by atoms with Gasteiger partial charge in [0.05, 0.1) is 31.8 Å². The molecule has 0 aliphatic rings. The number of aromatic hydroxyl groups is 1. The predicted octanol–water partition coefficient (Wildman–Crippen LogP) is 5.20. The van der Waals surface area contributed by atoms with Crippen LogP contribution in [0.3, 0.4) is 0 Å². The number of unbranched alkanes of at least 4 members (excludes halogenated alkanes) is 1. The SMILES string of the molecule is CCCCOc1cc(CC(=O)O)cc(OCCCOc2ccc(C(C)=O)c(O)c2CCC)c1. The Bertz CT molecular complexity index is 936. The summed E-state index contributed by atoms with van der Waals surface area (Å²) in [7, 11) is 0. The van der Waals surface area contributed by atoms with E-state index in [-0.39, 0.29) is 18.0 Å². The summed E-state index contributed by atoms with van der Waals surface area (Å²) >= 11 is 0. The Kier molecular flexibility index (Phi) is 10.5. The molecule has 0 amide bonds. The fourth-order valence-corrected chi connectivity index (χ4v) is 3.37. The first kappa shape index (κ1) is 26.0. The molecule has 0 saturated carbocycles. The summed E-state index contributed by atoms with van der Waals surface area (Å²) in [5.41, 5.74) is 1.56. The van der Waals surface area contributed by atoms with Gasteiger partial charge in [-0.15, -0.1) is 0 Å². The van der Waals surface area contributed by atoms with Gasteiger partial charge < -0.3 is 24.4 Å². The zero-order valence-corrected chi connectivity index (χ0v) is 19.7. The number of carbonyl (C=O) groups excluding carboxylic acids is 1. The molecule has 180 valence electrons. The second kappa shape index (κ2) is 13.4. The lowest BCUT2D eigenvalue weighted by Gasteiger charge is -2.15. The zero-order valence-electron chi connectivity index (χ0n) is 19.7. The molecule has 2 rings (SSSR count). The molecule has 2 aromatic carbocycles. The Morgan fingerprint density at radius 2 is 1.52 bits per heavy atom. The van der Waals surface area contributed by atoms with E-state index in [0.29, 0.717) is 66.6 Å². The number of carboxylic acid groups (broad SMARTS) is 1. The quantitative estimate of drug-likeness (QED) is 0.279. The minimum atomic E-state index is -0.915. The van der Waals surface area contributed by atoms with E-state index in [2.05, 4.69) is 6.92 Å². The van der Waals surface area contributed by atoms with Gasteiger partial charge in [0.25, 0.3) is 0 Å².